The zero-order valence-electron chi connectivity index (χ0n) is 12.2. The number of rotatable bonds is 3. The number of carboxylic acid groups (broad SMARTS) is 1. The number of carbonyl (C=O) groups excluding carboxylic acids is 1. The van der Waals surface area contributed by atoms with Gasteiger partial charge in [0, 0.05) is 30.2 Å². The highest BCUT2D eigenvalue weighted by Gasteiger charge is 2.30. The third-order valence-electron chi connectivity index (χ3n) is 3.46. The molecule has 1 saturated carbocycles. The van der Waals surface area contributed by atoms with Crippen LogP contribution in [-0.4, -0.2) is 27.7 Å². The fraction of sp³-hybridized carbons (Fsp3) is 0.438. The molecule has 0 radical (unpaired) electrons. The van der Waals surface area contributed by atoms with Crippen molar-refractivity contribution in [2.24, 2.45) is 10.4 Å². The number of nitrogens with zero attached hydrogens (tertiary/aromatic N) is 1. The lowest BCUT2D eigenvalue weighted by Crippen LogP contribution is -2.28. The zero-order valence-corrected chi connectivity index (χ0v) is 12.2. The molecular formula is C16H19NO4. The Kier molecular flexibility index (Phi) is 4.11. The molecule has 0 saturated heterocycles. The lowest BCUT2D eigenvalue weighted by molar-refractivity contribution is -0.136. The van der Waals surface area contributed by atoms with Crippen LogP contribution in [-0.2, 0) is 16.0 Å². The smallest absolute Gasteiger partial charge is 0.307 e. The topological polar surface area (TPSA) is 87.0 Å². The molecule has 112 valence electrons. The Morgan fingerprint density at radius 3 is 2.62 bits per heavy atom. The molecule has 21 heavy (non-hydrogen) atoms. The van der Waals surface area contributed by atoms with E-state index in [1.807, 2.05) is 13.8 Å². The Hall–Kier alpha value is -2.17. The Labute approximate surface area is 123 Å². The van der Waals surface area contributed by atoms with Crippen LogP contribution in [0.15, 0.2) is 23.2 Å². The van der Waals surface area contributed by atoms with Crippen LogP contribution in [0.25, 0.3) is 0 Å². The molecule has 1 aliphatic rings. The van der Waals surface area contributed by atoms with Gasteiger partial charge in [0.05, 0.1) is 12.1 Å². The molecule has 0 amide bonds. The highest BCUT2D eigenvalue weighted by molar-refractivity contribution is 6.05. The molecule has 0 aromatic heterocycles. The molecule has 0 unspecified atom stereocenters. The van der Waals surface area contributed by atoms with E-state index < -0.39 is 5.97 Å². The van der Waals surface area contributed by atoms with Gasteiger partial charge in [-0.3, -0.25) is 14.6 Å². The van der Waals surface area contributed by atoms with Crippen molar-refractivity contribution in [3.05, 3.63) is 23.8 Å². The molecule has 2 rings (SSSR count). The van der Waals surface area contributed by atoms with Crippen molar-refractivity contribution in [3.8, 4) is 5.75 Å². The molecule has 2 N–H and O–H groups in total. The number of aliphatic imine (C=N–C) groups is 1. The minimum absolute atomic E-state index is 0.0827. The molecule has 1 fully saturated rings. The number of benzene rings is 1. The standard InChI is InChI=1S/C16H19NO4/c1-16(2)8-12(6-13(18)9-16)17-11-4-3-10(5-15(20)21)14(19)7-11/h3-4,7,19H,5-6,8-9H2,1-2H3,(H,20,21). The maximum atomic E-state index is 11.7. The van der Waals surface area contributed by atoms with Gasteiger partial charge in [-0.15, -0.1) is 0 Å². The van der Waals surface area contributed by atoms with E-state index in [9.17, 15) is 14.7 Å². The summed E-state index contributed by atoms with van der Waals surface area (Å²) in [5.74, 6) is -0.902. The second kappa shape index (κ2) is 5.68. The molecule has 5 heteroatoms. The van der Waals surface area contributed by atoms with Crippen LogP contribution in [0.3, 0.4) is 0 Å². The quantitative estimate of drug-likeness (QED) is 0.895. The Morgan fingerprint density at radius 2 is 2.05 bits per heavy atom. The van der Waals surface area contributed by atoms with E-state index in [4.69, 9.17) is 5.11 Å². The van der Waals surface area contributed by atoms with Crippen molar-refractivity contribution in [3.63, 3.8) is 0 Å². The predicted molar refractivity (Wildman–Crippen MR) is 79.2 cm³/mol. The number of aromatic hydroxyl groups is 1. The minimum atomic E-state index is -0.996. The van der Waals surface area contributed by atoms with Gasteiger partial charge in [0.2, 0.25) is 0 Å². The summed E-state index contributed by atoms with van der Waals surface area (Å²) in [6.07, 6.45) is 1.43. The summed E-state index contributed by atoms with van der Waals surface area (Å²) in [5, 5.41) is 18.6. The van der Waals surface area contributed by atoms with Crippen molar-refractivity contribution in [1.29, 1.82) is 0 Å². The monoisotopic (exact) mass is 289 g/mol. The van der Waals surface area contributed by atoms with Gasteiger partial charge in [0.25, 0.3) is 0 Å². The van der Waals surface area contributed by atoms with E-state index in [1.165, 1.54) is 6.07 Å². The van der Waals surface area contributed by atoms with E-state index in [0.29, 0.717) is 24.1 Å². The molecule has 0 spiro atoms. The first kappa shape index (κ1) is 15.2. The average molecular weight is 289 g/mol. The first-order valence-corrected chi connectivity index (χ1v) is 6.87. The summed E-state index contributed by atoms with van der Waals surface area (Å²) in [6.45, 7) is 4.07. The summed E-state index contributed by atoms with van der Waals surface area (Å²) in [4.78, 5) is 26.8. The summed E-state index contributed by atoms with van der Waals surface area (Å²) in [6, 6.07) is 4.66. The maximum absolute atomic E-state index is 11.7. The van der Waals surface area contributed by atoms with Crippen molar-refractivity contribution in [1.82, 2.24) is 0 Å². The molecule has 0 atom stereocenters. The number of ketones is 1. The first-order valence-electron chi connectivity index (χ1n) is 6.87. The van der Waals surface area contributed by atoms with Crippen LogP contribution >= 0.6 is 0 Å². The summed E-state index contributed by atoms with van der Waals surface area (Å²) < 4.78 is 0. The van der Waals surface area contributed by atoms with E-state index in [-0.39, 0.29) is 23.4 Å². The maximum Gasteiger partial charge on any atom is 0.307 e. The number of phenolic OH excluding ortho intramolecular Hbond substituents is 1. The number of Topliss-reactive ketones (excluding diaryl/α,β-unsaturated/α-hetero) is 1. The molecule has 0 aliphatic heterocycles. The third kappa shape index (κ3) is 4.15. The van der Waals surface area contributed by atoms with Crippen molar-refractivity contribution >= 4 is 23.2 Å². The van der Waals surface area contributed by atoms with Crippen molar-refractivity contribution in [2.45, 2.75) is 39.5 Å². The number of carboxylic acids is 1. The van der Waals surface area contributed by atoms with E-state index in [0.717, 1.165) is 12.1 Å². The largest absolute Gasteiger partial charge is 0.508 e. The van der Waals surface area contributed by atoms with Gasteiger partial charge in [-0.2, -0.15) is 0 Å². The molecule has 0 bridgehead atoms. The molecule has 5 nitrogen and oxygen atoms in total. The Morgan fingerprint density at radius 1 is 1.33 bits per heavy atom. The summed E-state index contributed by atoms with van der Waals surface area (Å²) >= 11 is 0. The number of hydrogen-bond acceptors (Lipinski definition) is 4. The molecule has 1 aromatic rings. The minimum Gasteiger partial charge on any atom is -0.508 e. The van der Waals surface area contributed by atoms with Crippen LogP contribution in [0.1, 0.15) is 38.7 Å². The number of aliphatic carboxylic acids is 1. The Balaban J connectivity index is 2.23. The lowest BCUT2D eigenvalue weighted by atomic mass is 9.76. The van der Waals surface area contributed by atoms with Gasteiger partial charge in [-0.25, -0.2) is 0 Å². The Bertz CT molecular complexity index is 617. The van der Waals surface area contributed by atoms with Crippen molar-refractivity contribution in [2.75, 3.05) is 0 Å². The summed E-state index contributed by atoms with van der Waals surface area (Å²) in [5.41, 5.74) is 1.62. The van der Waals surface area contributed by atoms with E-state index in [2.05, 4.69) is 4.99 Å². The highest BCUT2D eigenvalue weighted by Crippen LogP contribution is 2.33. The average Bonchev–Trinajstić information content (AvgIpc) is 2.29. The van der Waals surface area contributed by atoms with Crippen LogP contribution in [0.5, 0.6) is 5.75 Å². The van der Waals surface area contributed by atoms with E-state index >= 15 is 0 Å². The second-order valence-corrected chi connectivity index (χ2v) is 6.29. The molecular weight excluding hydrogens is 270 g/mol. The first-order chi connectivity index (χ1) is 9.75. The molecule has 1 aromatic carbocycles. The van der Waals surface area contributed by atoms with Crippen LogP contribution in [0.2, 0.25) is 0 Å². The molecule has 0 heterocycles. The van der Waals surface area contributed by atoms with Crippen LogP contribution < -0.4 is 0 Å². The number of carbonyl (C=O) groups is 2. The van der Waals surface area contributed by atoms with E-state index in [1.54, 1.807) is 12.1 Å². The normalized spacial score (nSPS) is 19.7. The number of hydrogen-bond donors (Lipinski definition) is 2. The van der Waals surface area contributed by atoms with Crippen LogP contribution in [0, 0.1) is 5.41 Å². The lowest BCUT2D eigenvalue weighted by Gasteiger charge is -2.29. The predicted octanol–water partition coefficient (Wildman–Crippen LogP) is 2.87. The third-order valence-corrected chi connectivity index (χ3v) is 3.46. The SMILES string of the molecule is CC1(C)CC(=O)CC(=Nc2ccc(CC(=O)O)c(O)c2)C1. The molecule has 1 aliphatic carbocycles. The fourth-order valence-corrected chi connectivity index (χ4v) is 2.70. The van der Waals surface area contributed by atoms with Gasteiger partial charge in [0.15, 0.2) is 0 Å². The van der Waals surface area contributed by atoms with Gasteiger partial charge >= 0.3 is 5.97 Å². The van der Waals surface area contributed by atoms with Crippen LogP contribution in [0.4, 0.5) is 5.69 Å². The highest BCUT2D eigenvalue weighted by atomic mass is 16.4. The fourth-order valence-electron chi connectivity index (χ4n) is 2.70. The van der Waals surface area contributed by atoms with Gasteiger partial charge in [-0.05, 0) is 17.9 Å². The summed E-state index contributed by atoms with van der Waals surface area (Å²) in [7, 11) is 0. The number of phenols is 1. The second-order valence-electron chi connectivity index (χ2n) is 6.29. The van der Waals surface area contributed by atoms with Gasteiger partial charge < -0.3 is 10.2 Å². The van der Waals surface area contributed by atoms with Crippen molar-refractivity contribution < 1.29 is 19.8 Å². The zero-order chi connectivity index (χ0) is 15.6. The van der Waals surface area contributed by atoms with Gasteiger partial charge in [0.1, 0.15) is 11.5 Å². The van der Waals surface area contributed by atoms with Gasteiger partial charge in [-0.1, -0.05) is 19.9 Å².